The van der Waals surface area contributed by atoms with E-state index >= 15 is 0 Å². The summed E-state index contributed by atoms with van der Waals surface area (Å²) in [6.07, 6.45) is 3.79. The minimum atomic E-state index is 0.0483. The van der Waals surface area contributed by atoms with E-state index in [2.05, 4.69) is 25.7 Å². The van der Waals surface area contributed by atoms with E-state index in [1.54, 1.807) is 0 Å². The van der Waals surface area contributed by atoms with Gasteiger partial charge in [-0.1, -0.05) is 20.8 Å². The number of ether oxygens (including phenoxy) is 1. The van der Waals surface area contributed by atoms with Gasteiger partial charge in [0.2, 0.25) is 0 Å². The van der Waals surface area contributed by atoms with Crippen molar-refractivity contribution >= 4 is 0 Å². The Balaban J connectivity index is 2.06. The minimum Gasteiger partial charge on any atom is -0.396 e. The minimum absolute atomic E-state index is 0.0483. The Morgan fingerprint density at radius 1 is 1.29 bits per heavy atom. The molecule has 4 nitrogen and oxygen atoms in total. The molecule has 1 saturated heterocycles. The summed E-state index contributed by atoms with van der Waals surface area (Å²) < 4.78 is 5.58. The largest absolute Gasteiger partial charge is 0.396 e. The molecule has 0 radical (unpaired) electrons. The third-order valence-electron chi connectivity index (χ3n) is 7.70. The number of aliphatic hydroxyl groups excluding tert-OH is 1. The van der Waals surface area contributed by atoms with Gasteiger partial charge in [-0.05, 0) is 42.6 Å². The fraction of sp³-hybridized carbons (Fsp3) is 1.00. The first-order chi connectivity index (χ1) is 9.94. The third kappa shape index (κ3) is 1.82. The van der Waals surface area contributed by atoms with Crippen LogP contribution in [0, 0.1) is 22.7 Å². The molecule has 4 atom stereocenters. The van der Waals surface area contributed by atoms with Crippen LogP contribution in [0.4, 0.5) is 0 Å². The Labute approximate surface area is 129 Å². The Morgan fingerprint density at radius 3 is 2.38 bits per heavy atom. The second-order valence-corrected chi connectivity index (χ2v) is 8.13. The summed E-state index contributed by atoms with van der Waals surface area (Å²) in [5.41, 5.74) is 6.72. The highest BCUT2D eigenvalue weighted by Crippen LogP contribution is 2.72. The molecule has 0 aromatic rings. The molecule has 4 heteroatoms. The van der Waals surface area contributed by atoms with Crippen molar-refractivity contribution in [1.29, 1.82) is 0 Å². The zero-order valence-electron chi connectivity index (χ0n) is 13.9. The van der Waals surface area contributed by atoms with Crippen molar-refractivity contribution in [2.45, 2.75) is 45.6 Å². The van der Waals surface area contributed by atoms with Crippen molar-refractivity contribution < 1.29 is 9.84 Å². The second-order valence-electron chi connectivity index (χ2n) is 8.13. The average molecular weight is 296 g/mol. The maximum atomic E-state index is 10.1. The summed E-state index contributed by atoms with van der Waals surface area (Å²) >= 11 is 0. The van der Waals surface area contributed by atoms with E-state index in [9.17, 15) is 5.11 Å². The van der Waals surface area contributed by atoms with Crippen molar-refractivity contribution in [3.8, 4) is 0 Å². The van der Waals surface area contributed by atoms with E-state index in [1.807, 2.05) is 0 Å². The molecule has 3 aliphatic rings. The van der Waals surface area contributed by atoms with Gasteiger partial charge in [0.25, 0.3) is 0 Å². The first kappa shape index (κ1) is 15.7. The van der Waals surface area contributed by atoms with Crippen LogP contribution >= 0.6 is 0 Å². The van der Waals surface area contributed by atoms with Crippen LogP contribution in [0.3, 0.4) is 0 Å². The van der Waals surface area contributed by atoms with Crippen molar-refractivity contribution in [2.75, 3.05) is 39.5 Å². The van der Waals surface area contributed by atoms with Crippen LogP contribution in [0.1, 0.15) is 40.0 Å². The van der Waals surface area contributed by atoms with Gasteiger partial charge in [0, 0.05) is 31.2 Å². The number of hydrogen-bond acceptors (Lipinski definition) is 4. The summed E-state index contributed by atoms with van der Waals surface area (Å²) in [7, 11) is 0. The lowest BCUT2D eigenvalue weighted by molar-refractivity contribution is -0.125. The monoisotopic (exact) mass is 296 g/mol. The van der Waals surface area contributed by atoms with E-state index in [0.29, 0.717) is 12.0 Å². The molecule has 2 aliphatic carbocycles. The summed E-state index contributed by atoms with van der Waals surface area (Å²) in [5.74, 6) is 0.927. The first-order valence-electron chi connectivity index (χ1n) is 8.58. The van der Waals surface area contributed by atoms with Crippen LogP contribution in [-0.2, 0) is 4.74 Å². The van der Waals surface area contributed by atoms with Gasteiger partial charge < -0.3 is 15.6 Å². The molecule has 0 aromatic heterocycles. The normalized spacial score (nSPS) is 44.1. The van der Waals surface area contributed by atoms with Crippen LogP contribution in [0.5, 0.6) is 0 Å². The van der Waals surface area contributed by atoms with Crippen LogP contribution in [0.15, 0.2) is 0 Å². The fourth-order valence-corrected chi connectivity index (χ4v) is 6.07. The number of rotatable bonds is 4. The molecule has 0 aromatic carbocycles. The third-order valence-corrected chi connectivity index (χ3v) is 7.70. The molecule has 122 valence electrons. The molecule has 1 heterocycles. The van der Waals surface area contributed by atoms with Crippen LogP contribution < -0.4 is 5.73 Å². The SMILES string of the molecule is CC1(C)[C@H]2CC[C@@]1(C)[C@]([C@@H](CN)CO)(N1CCOCC1)C2. The number of nitrogens with two attached hydrogens (primary N) is 1. The zero-order chi connectivity index (χ0) is 15.3. The number of hydrogen-bond donors (Lipinski definition) is 2. The van der Waals surface area contributed by atoms with E-state index in [4.69, 9.17) is 10.5 Å². The molecular weight excluding hydrogens is 264 g/mol. The predicted octanol–water partition coefficient (Wildman–Crippen LogP) is 1.47. The van der Waals surface area contributed by atoms with Crippen molar-refractivity contribution in [3.63, 3.8) is 0 Å². The van der Waals surface area contributed by atoms with Crippen LogP contribution in [-0.4, -0.2) is 55.0 Å². The smallest absolute Gasteiger partial charge is 0.0594 e. The summed E-state index contributed by atoms with van der Waals surface area (Å²) in [6, 6.07) is 0. The average Bonchev–Trinajstić information content (AvgIpc) is 2.81. The van der Waals surface area contributed by atoms with Crippen LogP contribution in [0.2, 0.25) is 0 Å². The standard InChI is InChI=1S/C17H32N2O2/c1-15(2)13-4-5-16(15,3)17(10-13,14(11-18)12-20)19-6-8-21-9-7-19/h13-14,20H,4-12,18H2,1-3H3/t13-,14-,16+,17-/m0/s1. The van der Waals surface area contributed by atoms with Gasteiger partial charge in [-0.2, -0.15) is 0 Å². The predicted molar refractivity (Wildman–Crippen MR) is 84.0 cm³/mol. The highest BCUT2D eigenvalue weighted by atomic mass is 16.5. The Kier molecular flexibility index (Phi) is 3.89. The van der Waals surface area contributed by atoms with Gasteiger partial charge >= 0.3 is 0 Å². The number of aliphatic hydroxyl groups is 1. The molecule has 2 saturated carbocycles. The van der Waals surface area contributed by atoms with Gasteiger partial charge in [-0.3, -0.25) is 4.90 Å². The highest BCUT2D eigenvalue weighted by Gasteiger charge is 2.71. The molecule has 21 heavy (non-hydrogen) atoms. The fourth-order valence-electron chi connectivity index (χ4n) is 6.07. The Hall–Kier alpha value is -0.160. The molecule has 3 rings (SSSR count). The number of morpholine rings is 1. The quantitative estimate of drug-likeness (QED) is 0.825. The van der Waals surface area contributed by atoms with Gasteiger partial charge in [0.15, 0.2) is 0 Å². The highest BCUT2D eigenvalue weighted by molar-refractivity contribution is 5.23. The summed E-state index contributed by atoms with van der Waals surface area (Å²) in [6.45, 7) is 11.7. The molecule has 0 spiro atoms. The molecule has 0 unspecified atom stereocenters. The maximum absolute atomic E-state index is 10.1. The Morgan fingerprint density at radius 2 is 1.95 bits per heavy atom. The van der Waals surface area contributed by atoms with E-state index in [0.717, 1.165) is 32.2 Å². The lowest BCUT2D eigenvalue weighted by atomic mass is 9.57. The van der Waals surface area contributed by atoms with Crippen molar-refractivity contribution in [1.82, 2.24) is 4.90 Å². The molecule has 0 amide bonds. The van der Waals surface area contributed by atoms with Crippen LogP contribution in [0.25, 0.3) is 0 Å². The lowest BCUT2D eigenvalue weighted by Crippen LogP contribution is -2.67. The number of fused-ring (bicyclic) bond motifs is 2. The van der Waals surface area contributed by atoms with E-state index in [-0.39, 0.29) is 23.5 Å². The molecule has 1 aliphatic heterocycles. The molecule has 2 bridgehead atoms. The second kappa shape index (κ2) is 5.19. The number of nitrogens with zero attached hydrogens (tertiary/aromatic N) is 1. The maximum Gasteiger partial charge on any atom is 0.0594 e. The van der Waals surface area contributed by atoms with E-state index < -0.39 is 0 Å². The van der Waals surface area contributed by atoms with Crippen molar-refractivity contribution in [2.24, 2.45) is 28.4 Å². The van der Waals surface area contributed by atoms with Gasteiger partial charge in [0.1, 0.15) is 0 Å². The lowest BCUT2D eigenvalue weighted by Gasteiger charge is -2.59. The van der Waals surface area contributed by atoms with Gasteiger partial charge in [-0.15, -0.1) is 0 Å². The topological polar surface area (TPSA) is 58.7 Å². The van der Waals surface area contributed by atoms with E-state index in [1.165, 1.54) is 19.3 Å². The van der Waals surface area contributed by atoms with Gasteiger partial charge in [-0.25, -0.2) is 0 Å². The Bertz CT molecular complexity index is 390. The molecular formula is C17H32N2O2. The van der Waals surface area contributed by atoms with Gasteiger partial charge in [0.05, 0.1) is 13.2 Å². The summed E-state index contributed by atoms with van der Waals surface area (Å²) in [4.78, 5) is 2.63. The zero-order valence-corrected chi connectivity index (χ0v) is 13.9. The van der Waals surface area contributed by atoms with Crippen molar-refractivity contribution in [3.05, 3.63) is 0 Å². The first-order valence-corrected chi connectivity index (χ1v) is 8.58. The summed E-state index contributed by atoms with van der Waals surface area (Å²) in [5, 5.41) is 10.1. The molecule has 3 fully saturated rings. The molecule has 3 N–H and O–H groups in total.